The average Bonchev–Trinajstić information content (AvgIpc) is 1.53. The molecule has 7 aromatic rings. The van der Waals surface area contributed by atoms with Crippen molar-refractivity contribution >= 4 is 12.7 Å². The van der Waals surface area contributed by atoms with Gasteiger partial charge in [0.1, 0.15) is 23.0 Å². The van der Waals surface area contributed by atoms with Crippen LogP contribution in [0.5, 0.6) is 23.0 Å². The zero-order chi connectivity index (χ0) is 69.2. The van der Waals surface area contributed by atoms with Crippen molar-refractivity contribution in [1.29, 1.82) is 5.26 Å². The number of benzene rings is 7. The van der Waals surface area contributed by atoms with E-state index in [2.05, 4.69) is 241 Å². The van der Waals surface area contributed by atoms with Gasteiger partial charge in [-0.2, -0.15) is 5.26 Å². The molecule has 0 saturated carbocycles. The van der Waals surface area contributed by atoms with Crippen molar-refractivity contribution in [3.05, 3.63) is 197 Å². The number of hydrogen-bond acceptors (Lipinski definition) is 7. The summed E-state index contributed by atoms with van der Waals surface area (Å²) < 4.78 is 40.1. The van der Waals surface area contributed by atoms with Crippen LogP contribution in [0.4, 0.5) is 0 Å². The molecule has 98 heavy (non-hydrogen) atoms. The zero-order valence-electron chi connectivity index (χ0n) is 61.8. The number of nitrogens with zero attached hydrogens (tertiary/aromatic N) is 1. The van der Waals surface area contributed by atoms with Crippen LogP contribution in [0.25, 0.3) is 50.1 Å². The standard InChI is InChI=1S/C90H114BNO6/c1-13-21-25-64(17-5)60-93-80-39-30-71(31-40-80)75-49-69(50-76(54-75)72-32-41-81(42-33-72)94-61-65(18-6)26-22-14-2)57-90(86-53-68(59-92)29-47-84(86)85-48-38-79(56-87(85)90)91-97-88(9,10)89(11,12)98-91)58-70-51-77(73-34-43-82(44-35-73)95-62-66(19-7)27-23-15-3)55-78(52-70)74-36-45-83(46-37-74)96-63-67(20-8)28-24-16-4/h29-37,39-47,49-56,64-67H,13-28,38,48,57-58,60-63H2,1-12H3. The highest BCUT2D eigenvalue weighted by Crippen LogP contribution is 2.56. The number of ether oxygens (including phenoxy) is 4. The fourth-order valence-corrected chi connectivity index (χ4v) is 14.9. The molecule has 0 spiro atoms. The number of nitriles is 1. The second-order valence-electron chi connectivity index (χ2n) is 29.9. The van der Waals surface area contributed by atoms with Gasteiger partial charge in [0.25, 0.3) is 0 Å². The van der Waals surface area contributed by atoms with Crippen LogP contribution in [0, 0.1) is 35.0 Å². The molecule has 1 fully saturated rings. The van der Waals surface area contributed by atoms with Gasteiger partial charge in [-0.05, 0) is 259 Å². The van der Waals surface area contributed by atoms with Crippen molar-refractivity contribution in [2.24, 2.45) is 23.7 Å². The maximum atomic E-state index is 11.0. The van der Waals surface area contributed by atoms with E-state index in [4.69, 9.17) is 28.3 Å². The number of allylic oxidation sites excluding steroid dienone is 4. The Morgan fingerprint density at radius 1 is 0.418 bits per heavy atom. The minimum Gasteiger partial charge on any atom is -0.493 e. The topological polar surface area (TPSA) is 79.2 Å². The van der Waals surface area contributed by atoms with E-state index in [0.717, 1.165) is 138 Å². The van der Waals surface area contributed by atoms with Crippen LogP contribution in [0.15, 0.2) is 169 Å². The molecule has 10 rings (SSSR count). The number of unbranched alkanes of at least 4 members (excludes halogenated alkanes) is 4. The van der Waals surface area contributed by atoms with Gasteiger partial charge in [-0.1, -0.05) is 217 Å². The molecule has 0 amide bonds. The lowest BCUT2D eigenvalue weighted by atomic mass is 9.64. The summed E-state index contributed by atoms with van der Waals surface area (Å²) in [6.45, 7) is 29.7. The Labute approximate surface area is 591 Å². The van der Waals surface area contributed by atoms with E-state index in [1.807, 2.05) is 6.07 Å². The first-order valence-corrected chi connectivity index (χ1v) is 38.1. The smallest absolute Gasteiger partial charge is 0.490 e. The minimum absolute atomic E-state index is 0.505. The van der Waals surface area contributed by atoms with E-state index in [1.54, 1.807) is 0 Å². The third-order valence-corrected chi connectivity index (χ3v) is 22.2. The Morgan fingerprint density at radius 3 is 1.06 bits per heavy atom. The van der Waals surface area contributed by atoms with Crippen LogP contribution >= 0.6 is 0 Å². The van der Waals surface area contributed by atoms with Gasteiger partial charge >= 0.3 is 7.12 Å². The van der Waals surface area contributed by atoms with Crippen molar-refractivity contribution in [3.8, 4) is 73.6 Å². The average molecular weight is 1320 g/mol. The van der Waals surface area contributed by atoms with E-state index < -0.39 is 23.7 Å². The van der Waals surface area contributed by atoms with Crippen LogP contribution < -0.4 is 18.9 Å². The summed E-state index contributed by atoms with van der Waals surface area (Å²) in [7, 11) is -0.505. The van der Waals surface area contributed by atoms with Gasteiger partial charge in [-0.3, -0.25) is 0 Å². The van der Waals surface area contributed by atoms with Crippen LogP contribution in [0.1, 0.15) is 226 Å². The Kier molecular flexibility index (Phi) is 26.0. The highest BCUT2D eigenvalue weighted by atomic mass is 16.7. The predicted octanol–water partition coefficient (Wildman–Crippen LogP) is 24.4. The second kappa shape index (κ2) is 34.7. The van der Waals surface area contributed by atoms with Crippen LogP contribution in [0.2, 0.25) is 0 Å². The van der Waals surface area contributed by atoms with Gasteiger partial charge in [0.05, 0.1) is 49.3 Å². The fourth-order valence-electron chi connectivity index (χ4n) is 14.9. The Morgan fingerprint density at radius 2 is 0.755 bits per heavy atom. The molecule has 0 bridgehead atoms. The van der Waals surface area contributed by atoms with Gasteiger partial charge in [0.2, 0.25) is 0 Å². The molecular formula is C90H114BNO6. The van der Waals surface area contributed by atoms with E-state index in [-0.39, 0.29) is 0 Å². The first-order chi connectivity index (χ1) is 47.5. The van der Waals surface area contributed by atoms with Crippen molar-refractivity contribution < 1.29 is 28.3 Å². The molecular weight excluding hydrogens is 1200 g/mol. The summed E-state index contributed by atoms with van der Waals surface area (Å²) >= 11 is 0. The quantitative estimate of drug-likeness (QED) is 0.0359. The summed E-state index contributed by atoms with van der Waals surface area (Å²) in [6, 6.07) is 58.7. The summed E-state index contributed by atoms with van der Waals surface area (Å²) in [5.41, 5.74) is 16.5. The van der Waals surface area contributed by atoms with Crippen molar-refractivity contribution in [3.63, 3.8) is 0 Å². The Bertz CT molecular complexity index is 3440. The molecule has 0 N–H and O–H groups in total. The van der Waals surface area contributed by atoms with Gasteiger partial charge in [-0.25, -0.2) is 0 Å². The maximum Gasteiger partial charge on any atom is 0.490 e. The molecule has 1 aliphatic heterocycles. The molecule has 3 aliphatic rings. The van der Waals surface area contributed by atoms with Crippen LogP contribution in [0.3, 0.4) is 0 Å². The lowest BCUT2D eigenvalue weighted by molar-refractivity contribution is 0.00578. The maximum absolute atomic E-state index is 11.0. The first-order valence-electron chi connectivity index (χ1n) is 38.1. The molecule has 0 radical (unpaired) electrons. The second-order valence-corrected chi connectivity index (χ2v) is 29.9. The molecule has 7 nitrogen and oxygen atoms in total. The van der Waals surface area contributed by atoms with E-state index in [1.165, 1.54) is 110 Å². The van der Waals surface area contributed by atoms with E-state index in [9.17, 15) is 5.26 Å². The molecule has 0 aromatic heterocycles. The monoisotopic (exact) mass is 1320 g/mol. The number of hydrogen-bond donors (Lipinski definition) is 0. The van der Waals surface area contributed by atoms with Gasteiger partial charge in [0.15, 0.2) is 0 Å². The lowest BCUT2D eigenvalue weighted by Gasteiger charge is -2.36. The number of rotatable bonds is 37. The highest BCUT2D eigenvalue weighted by Gasteiger charge is 2.54. The van der Waals surface area contributed by atoms with Crippen molar-refractivity contribution in [1.82, 2.24) is 0 Å². The molecule has 2 aliphatic carbocycles. The fraction of sp³-hybridized carbons (Fsp3) is 0.478. The van der Waals surface area contributed by atoms with E-state index >= 15 is 0 Å². The molecule has 1 saturated heterocycles. The normalized spacial score (nSPS) is 17.3. The predicted molar refractivity (Wildman–Crippen MR) is 410 cm³/mol. The molecule has 7 aromatic carbocycles. The third kappa shape index (κ3) is 18.2. The molecule has 4 unspecified atom stereocenters. The van der Waals surface area contributed by atoms with Crippen LogP contribution in [-0.4, -0.2) is 44.7 Å². The van der Waals surface area contributed by atoms with Gasteiger partial charge in [-0.15, -0.1) is 0 Å². The van der Waals surface area contributed by atoms with Crippen molar-refractivity contribution in [2.75, 3.05) is 26.4 Å². The molecule has 4 atom stereocenters. The molecule has 1 heterocycles. The van der Waals surface area contributed by atoms with E-state index in [0.29, 0.717) is 42.1 Å². The Balaban J connectivity index is 1.13. The lowest BCUT2D eigenvalue weighted by Crippen LogP contribution is -2.41. The van der Waals surface area contributed by atoms with Gasteiger partial charge in [0, 0.05) is 5.41 Å². The zero-order valence-corrected chi connectivity index (χ0v) is 61.8. The molecule has 518 valence electrons. The van der Waals surface area contributed by atoms with Crippen molar-refractivity contribution in [2.45, 2.75) is 228 Å². The number of fused-ring (bicyclic) bond motifs is 2. The van der Waals surface area contributed by atoms with Gasteiger partial charge < -0.3 is 28.3 Å². The first kappa shape index (κ1) is 73.4. The summed E-state index contributed by atoms with van der Waals surface area (Å²) in [5.74, 6) is 5.71. The third-order valence-electron chi connectivity index (χ3n) is 22.2. The minimum atomic E-state index is -0.675. The largest absolute Gasteiger partial charge is 0.493 e. The summed E-state index contributed by atoms with van der Waals surface area (Å²) in [6.07, 6.45) is 24.2. The highest BCUT2D eigenvalue weighted by molar-refractivity contribution is 6.54. The SMILES string of the molecule is CCCCC(CC)COc1ccc(-c2cc(CC3(Cc4cc(-c5ccc(OCC(CC)CCCC)cc5)cc(-c5ccc(OCC(CC)CCCC)cc5)c4)C4=C(CCC(B5OC(C)(C)C(C)(C)O5)=C4)c4ccc(C#N)cc43)cc(-c3ccc(OCC(CC)CCCC)cc3)c2)cc1. The summed E-state index contributed by atoms with van der Waals surface area (Å²) in [4.78, 5) is 0. The summed E-state index contributed by atoms with van der Waals surface area (Å²) in [5, 5.41) is 11.0. The Hall–Kier alpha value is -7.31. The van der Waals surface area contributed by atoms with Crippen LogP contribution in [-0.2, 0) is 27.6 Å². The molecule has 8 heteroatoms.